The van der Waals surface area contributed by atoms with Crippen molar-refractivity contribution < 1.29 is 24.2 Å². The van der Waals surface area contributed by atoms with Crippen LogP contribution in [0.25, 0.3) is 0 Å². The van der Waals surface area contributed by atoms with Crippen molar-refractivity contribution in [3.8, 4) is 23.3 Å². The second kappa shape index (κ2) is 9.96. The molecular weight excluding hydrogens is 376 g/mol. The molecule has 4 N–H and O–H groups in total. The van der Waals surface area contributed by atoms with Crippen LogP contribution in [0.15, 0.2) is 36.4 Å². The predicted octanol–water partition coefficient (Wildman–Crippen LogP) is 2.26. The summed E-state index contributed by atoms with van der Waals surface area (Å²) < 4.78 is 10.5. The number of nitriles is 1. The Morgan fingerprint density at radius 1 is 1.21 bits per heavy atom. The predicted molar refractivity (Wildman–Crippen MR) is 106 cm³/mol. The second-order valence-corrected chi connectivity index (χ2v) is 5.92. The third-order valence-electron chi connectivity index (χ3n) is 3.84. The Bertz CT molecular complexity index is 939. The summed E-state index contributed by atoms with van der Waals surface area (Å²) in [7, 11) is 1.40. The van der Waals surface area contributed by atoms with Gasteiger partial charge in [0.25, 0.3) is 5.91 Å². The third-order valence-corrected chi connectivity index (χ3v) is 3.84. The maximum Gasteiger partial charge on any atom is 0.269 e. The molecule has 9 heteroatoms. The molecular formula is C20H22N4O5. The number of anilines is 1. The molecule has 0 bridgehead atoms. The van der Waals surface area contributed by atoms with Gasteiger partial charge in [-0.15, -0.1) is 0 Å². The zero-order valence-electron chi connectivity index (χ0n) is 16.3. The quantitative estimate of drug-likeness (QED) is 0.501. The average Bonchev–Trinajstić information content (AvgIpc) is 2.69. The summed E-state index contributed by atoms with van der Waals surface area (Å²) in [4.78, 5) is 23.8. The summed E-state index contributed by atoms with van der Waals surface area (Å²) in [5.74, 6) is -0.320. The van der Waals surface area contributed by atoms with Crippen molar-refractivity contribution in [2.75, 3.05) is 19.0 Å². The molecule has 2 aromatic carbocycles. The van der Waals surface area contributed by atoms with Crippen LogP contribution in [0.2, 0.25) is 0 Å². The van der Waals surface area contributed by atoms with Crippen LogP contribution in [0.1, 0.15) is 35.8 Å². The fourth-order valence-corrected chi connectivity index (χ4v) is 2.53. The first-order chi connectivity index (χ1) is 13.9. The molecule has 0 saturated heterocycles. The minimum absolute atomic E-state index is 0.0578. The first-order valence-corrected chi connectivity index (χ1v) is 8.76. The summed E-state index contributed by atoms with van der Waals surface area (Å²) in [6.45, 7) is 3.48. The van der Waals surface area contributed by atoms with Gasteiger partial charge in [0.15, 0.2) is 11.5 Å². The van der Waals surface area contributed by atoms with Crippen LogP contribution in [0, 0.1) is 11.3 Å². The Labute approximate surface area is 168 Å². The summed E-state index contributed by atoms with van der Waals surface area (Å²) in [5, 5.41) is 21.7. The third kappa shape index (κ3) is 5.60. The van der Waals surface area contributed by atoms with Crippen LogP contribution in [0.5, 0.6) is 17.2 Å². The van der Waals surface area contributed by atoms with E-state index in [1.54, 1.807) is 25.1 Å². The number of nitrogens with zero attached hydrogens (tertiary/aromatic N) is 1. The lowest BCUT2D eigenvalue weighted by Crippen LogP contribution is -2.39. The van der Waals surface area contributed by atoms with Gasteiger partial charge in [-0.25, -0.2) is 5.43 Å². The lowest BCUT2D eigenvalue weighted by molar-refractivity contribution is -0.114. The largest absolute Gasteiger partial charge is 0.504 e. The smallest absolute Gasteiger partial charge is 0.269 e. The monoisotopic (exact) mass is 398 g/mol. The first-order valence-electron chi connectivity index (χ1n) is 8.76. The second-order valence-electron chi connectivity index (χ2n) is 5.92. The Hall–Kier alpha value is -3.77. The number of nitrogens with one attached hydrogen (secondary N) is 3. The summed E-state index contributed by atoms with van der Waals surface area (Å²) in [5.41, 5.74) is 6.35. The van der Waals surface area contributed by atoms with Gasteiger partial charge in [-0.2, -0.15) is 5.26 Å². The molecule has 2 aromatic rings. The number of amides is 2. The molecule has 0 aliphatic heterocycles. The van der Waals surface area contributed by atoms with Crippen LogP contribution >= 0.6 is 0 Å². The number of methoxy groups -OCH3 is 1. The van der Waals surface area contributed by atoms with E-state index in [0.717, 1.165) is 0 Å². The van der Waals surface area contributed by atoms with Crippen LogP contribution in [-0.2, 0) is 4.79 Å². The summed E-state index contributed by atoms with van der Waals surface area (Å²) in [6, 6.07) is 10.2. The molecule has 29 heavy (non-hydrogen) atoms. The van der Waals surface area contributed by atoms with Crippen molar-refractivity contribution in [2.45, 2.75) is 19.9 Å². The van der Waals surface area contributed by atoms with E-state index >= 15 is 0 Å². The van der Waals surface area contributed by atoms with E-state index in [2.05, 4.69) is 16.2 Å². The number of carbonyl (C=O) groups excluding carboxylic acids is 2. The number of carbonyl (C=O) groups is 2. The van der Waals surface area contributed by atoms with Crippen molar-refractivity contribution in [3.63, 3.8) is 0 Å². The van der Waals surface area contributed by atoms with Gasteiger partial charge in [0.2, 0.25) is 5.91 Å². The highest BCUT2D eigenvalue weighted by Gasteiger charge is 2.17. The minimum atomic E-state index is -0.886. The molecule has 2 rings (SSSR count). The Morgan fingerprint density at radius 2 is 1.97 bits per heavy atom. The number of phenolic OH excluding ortho intramolecular Hbond substituents is 1. The number of hydrogen-bond donors (Lipinski definition) is 4. The molecule has 0 radical (unpaired) electrons. The normalized spacial score (nSPS) is 11.1. The van der Waals surface area contributed by atoms with Crippen LogP contribution in [0.3, 0.4) is 0 Å². The highest BCUT2D eigenvalue weighted by molar-refractivity contribution is 5.98. The molecule has 0 unspecified atom stereocenters. The van der Waals surface area contributed by atoms with Crippen LogP contribution in [0.4, 0.5) is 5.69 Å². The number of phenols is 1. The van der Waals surface area contributed by atoms with E-state index < -0.39 is 11.9 Å². The zero-order valence-corrected chi connectivity index (χ0v) is 16.3. The molecule has 0 heterocycles. The van der Waals surface area contributed by atoms with Crippen molar-refractivity contribution >= 4 is 17.5 Å². The van der Waals surface area contributed by atoms with Crippen molar-refractivity contribution in [1.29, 1.82) is 5.26 Å². The molecule has 0 spiro atoms. The molecule has 1 atom stereocenters. The van der Waals surface area contributed by atoms with E-state index in [4.69, 9.17) is 9.47 Å². The number of hydrogen-bond acceptors (Lipinski definition) is 7. The van der Waals surface area contributed by atoms with Crippen LogP contribution in [-0.4, -0.2) is 30.6 Å². The molecule has 9 nitrogen and oxygen atoms in total. The molecule has 2 amide bonds. The van der Waals surface area contributed by atoms with E-state index in [-0.39, 0.29) is 28.7 Å². The number of ether oxygens (including phenoxy) is 2. The molecule has 0 aliphatic rings. The number of aromatic hydroxyl groups is 1. The SMILES string of the molecule is CCOc1cc(NC(C)=O)ccc1C(=O)NN[C@@H](C#N)c1ccc(O)c(OC)c1. The number of rotatable bonds is 8. The molecule has 0 aliphatic carbocycles. The molecule has 0 saturated carbocycles. The van der Waals surface area contributed by atoms with Gasteiger partial charge in [-0.3, -0.25) is 15.0 Å². The summed E-state index contributed by atoms with van der Waals surface area (Å²) >= 11 is 0. The highest BCUT2D eigenvalue weighted by Crippen LogP contribution is 2.29. The van der Waals surface area contributed by atoms with E-state index in [1.165, 1.54) is 32.2 Å². The van der Waals surface area contributed by atoms with Gasteiger partial charge in [-0.05, 0) is 36.8 Å². The Balaban J connectivity index is 2.16. The van der Waals surface area contributed by atoms with Crippen molar-refractivity contribution in [2.24, 2.45) is 0 Å². The first kappa shape index (κ1) is 21.5. The van der Waals surface area contributed by atoms with Gasteiger partial charge in [0.05, 0.1) is 25.3 Å². The van der Waals surface area contributed by atoms with Crippen LogP contribution < -0.4 is 25.6 Å². The van der Waals surface area contributed by atoms with Gasteiger partial charge in [-0.1, -0.05) is 6.07 Å². The van der Waals surface area contributed by atoms with Gasteiger partial charge < -0.3 is 19.9 Å². The topological polar surface area (TPSA) is 133 Å². The number of benzene rings is 2. The highest BCUT2D eigenvalue weighted by atomic mass is 16.5. The number of hydrazine groups is 1. The molecule has 0 fully saturated rings. The maximum absolute atomic E-state index is 12.6. The molecule has 0 aromatic heterocycles. The summed E-state index contributed by atoms with van der Waals surface area (Å²) in [6.07, 6.45) is 0. The lowest BCUT2D eigenvalue weighted by atomic mass is 10.1. The fraction of sp³-hybridized carbons (Fsp3) is 0.250. The average molecular weight is 398 g/mol. The van der Waals surface area contributed by atoms with Crippen molar-refractivity contribution in [1.82, 2.24) is 10.9 Å². The van der Waals surface area contributed by atoms with E-state index in [0.29, 0.717) is 17.9 Å². The van der Waals surface area contributed by atoms with Gasteiger partial charge >= 0.3 is 0 Å². The van der Waals surface area contributed by atoms with Crippen molar-refractivity contribution in [3.05, 3.63) is 47.5 Å². The lowest BCUT2D eigenvalue weighted by Gasteiger charge is -2.16. The Morgan fingerprint density at radius 3 is 2.59 bits per heavy atom. The standard InChI is InChI=1S/C20H22N4O5/c1-4-29-18-10-14(22-12(2)25)6-7-15(18)20(27)24-23-16(11-21)13-5-8-17(26)19(9-13)28-3/h5-10,16,23,26H,4H2,1-3H3,(H,22,25)(H,24,27)/t16-/m0/s1. The van der Waals surface area contributed by atoms with Gasteiger partial charge in [0.1, 0.15) is 11.8 Å². The maximum atomic E-state index is 12.6. The Kier molecular flexibility index (Phi) is 7.40. The van der Waals surface area contributed by atoms with E-state index in [9.17, 15) is 20.0 Å². The zero-order chi connectivity index (χ0) is 21.4. The van der Waals surface area contributed by atoms with E-state index in [1.807, 2.05) is 6.07 Å². The molecule has 152 valence electrons. The minimum Gasteiger partial charge on any atom is -0.504 e. The fourth-order valence-electron chi connectivity index (χ4n) is 2.53. The van der Waals surface area contributed by atoms with Gasteiger partial charge in [0, 0.05) is 18.7 Å².